The van der Waals surface area contributed by atoms with E-state index in [1.807, 2.05) is 0 Å². The fourth-order valence-electron chi connectivity index (χ4n) is 3.35. The summed E-state index contributed by atoms with van der Waals surface area (Å²) in [5, 5.41) is 3.23. The van der Waals surface area contributed by atoms with E-state index in [1.165, 1.54) is 11.1 Å². The van der Waals surface area contributed by atoms with Crippen LogP contribution in [-0.2, 0) is 11.3 Å². The van der Waals surface area contributed by atoms with Gasteiger partial charge in [0.25, 0.3) is 5.91 Å². The van der Waals surface area contributed by atoms with E-state index >= 15 is 0 Å². The summed E-state index contributed by atoms with van der Waals surface area (Å²) < 4.78 is 16.4. The second-order valence-corrected chi connectivity index (χ2v) is 7.35. The molecule has 0 atom stereocenters. The van der Waals surface area contributed by atoms with E-state index in [-0.39, 0.29) is 30.4 Å². The monoisotopic (exact) mass is 453 g/mol. The number of aromatic nitrogens is 1. The number of fused-ring (bicyclic) bond motifs is 2. The van der Waals surface area contributed by atoms with Crippen LogP contribution in [0.15, 0.2) is 54.7 Å². The predicted molar refractivity (Wildman–Crippen MR) is 119 cm³/mol. The molecule has 2 aromatic carbocycles. The van der Waals surface area contributed by atoms with Crippen LogP contribution in [0, 0.1) is 0 Å². The van der Waals surface area contributed by atoms with Crippen molar-refractivity contribution in [3.05, 3.63) is 70.9 Å². The normalized spacial score (nSPS) is 12.2. The lowest BCUT2D eigenvalue weighted by Crippen LogP contribution is -2.40. The molecule has 2 heterocycles. The smallest absolute Gasteiger partial charge is 0.264 e. The molecule has 0 fully saturated rings. The van der Waals surface area contributed by atoms with E-state index in [2.05, 4.69) is 10.3 Å². The summed E-state index contributed by atoms with van der Waals surface area (Å²) in [7, 11) is 3.11. The van der Waals surface area contributed by atoms with E-state index in [0.29, 0.717) is 28.0 Å². The molecule has 164 valence electrons. The Morgan fingerprint density at radius 1 is 1.16 bits per heavy atom. The fraction of sp³-hybridized carbons (Fsp3) is 0.174. The number of pyridine rings is 1. The second-order valence-electron chi connectivity index (χ2n) is 6.92. The molecule has 2 amide bonds. The maximum atomic E-state index is 13.3. The van der Waals surface area contributed by atoms with Gasteiger partial charge in [-0.2, -0.15) is 0 Å². The number of carbonyl (C=O) groups excluding carboxylic acids is 2. The molecule has 0 unspecified atom stereocenters. The van der Waals surface area contributed by atoms with Crippen molar-refractivity contribution in [3.8, 4) is 23.1 Å². The highest BCUT2D eigenvalue weighted by atomic mass is 35.5. The summed E-state index contributed by atoms with van der Waals surface area (Å²) >= 11 is 6.16. The van der Waals surface area contributed by atoms with Crippen molar-refractivity contribution in [2.75, 3.05) is 25.7 Å². The van der Waals surface area contributed by atoms with E-state index < -0.39 is 5.91 Å². The minimum Gasteiger partial charge on any atom is -0.497 e. The average Bonchev–Trinajstić information content (AvgIpc) is 2.92. The molecule has 8 nitrogen and oxygen atoms in total. The highest BCUT2D eigenvalue weighted by molar-refractivity contribution is 6.31. The zero-order valence-corrected chi connectivity index (χ0v) is 18.2. The number of rotatable bonds is 6. The van der Waals surface area contributed by atoms with Gasteiger partial charge in [-0.1, -0.05) is 11.6 Å². The van der Waals surface area contributed by atoms with Crippen LogP contribution in [0.1, 0.15) is 15.9 Å². The number of methoxy groups -OCH3 is 2. The van der Waals surface area contributed by atoms with Crippen molar-refractivity contribution in [2.24, 2.45) is 0 Å². The van der Waals surface area contributed by atoms with Gasteiger partial charge in [-0.3, -0.25) is 14.5 Å². The van der Waals surface area contributed by atoms with Gasteiger partial charge in [-0.05, 0) is 48.5 Å². The third kappa shape index (κ3) is 4.31. The van der Waals surface area contributed by atoms with Crippen LogP contribution in [0.4, 0.5) is 5.69 Å². The summed E-state index contributed by atoms with van der Waals surface area (Å²) in [4.78, 5) is 31.6. The molecule has 4 rings (SSSR count). The summed E-state index contributed by atoms with van der Waals surface area (Å²) in [6.45, 7) is -0.0472. The van der Waals surface area contributed by atoms with Crippen LogP contribution in [0.5, 0.6) is 23.1 Å². The van der Waals surface area contributed by atoms with Crippen molar-refractivity contribution in [2.45, 2.75) is 6.54 Å². The fourth-order valence-corrected chi connectivity index (χ4v) is 3.52. The highest BCUT2D eigenvalue weighted by Gasteiger charge is 2.30. The third-order valence-corrected chi connectivity index (χ3v) is 5.17. The molecule has 1 aliphatic rings. The molecule has 1 aromatic heterocycles. The molecule has 0 saturated heterocycles. The Morgan fingerprint density at radius 2 is 2.00 bits per heavy atom. The number of halogens is 1. The Labute approximate surface area is 189 Å². The molecule has 0 spiro atoms. The molecular weight excluding hydrogens is 434 g/mol. The Morgan fingerprint density at radius 3 is 2.78 bits per heavy atom. The zero-order valence-electron chi connectivity index (χ0n) is 17.4. The summed E-state index contributed by atoms with van der Waals surface area (Å²) in [5.41, 5.74) is 1.38. The average molecular weight is 454 g/mol. The van der Waals surface area contributed by atoms with Gasteiger partial charge in [-0.25, -0.2) is 4.98 Å². The Hall–Kier alpha value is -3.78. The van der Waals surface area contributed by atoms with Crippen molar-refractivity contribution in [1.29, 1.82) is 0 Å². The van der Waals surface area contributed by atoms with Crippen LogP contribution in [0.3, 0.4) is 0 Å². The third-order valence-electron chi connectivity index (χ3n) is 4.93. The molecule has 0 bridgehead atoms. The zero-order chi connectivity index (χ0) is 22.7. The molecule has 1 aliphatic heterocycles. The number of hydrogen-bond acceptors (Lipinski definition) is 6. The molecule has 1 N–H and O–H groups in total. The summed E-state index contributed by atoms with van der Waals surface area (Å²) in [6, 6.07) is 13.4. The quantitative estimate of drug-likeness (QED) is 0.610. The van der Waals surface area contributed by atoms with Gasteiger partial charge in [0.05, 0.1) is 19.9 Å². The first kappa shape index (κ1) is 21.5. The number of nitrogens with one attached hydrogen (secondary N) is 1. The molecular formula is C23H20ClN3O5. The lowest BCUT2D eigenvalue weighted by Gasteiger charge is -2.22. The highest BCUT2D eigenvalue weighted by Crippen LogP contribution is 2.39. The lowest BCUT2D eigenvalue weighted by atomic mass is 10.2. The van der Waals surface area contributed by atoms with Gasteiger partial charge in [0.2, 0.25) is 11.8 Å². The molecule has 0 radical (unpaired) electrons. The van der Waals surface area contributed by atoms with Crippen LogP contribution >= 0.6 is 11.6 Å². The molecule has 0 aliphatic carbocycles. The molecule has 0 saturated carbocycles. The predicted octanol–water partition coefficient (Wildman–Crippen LogP) is 3.82. The van der Waals surface area contributed by atoms with Crippen molar-refractivity contribution < 1.29 is 23.8 Å². The molecule has 9 heteroatoms. The van der Waals surface area contributed by atoms with Crippen LogP contribution in [0.2, 0.25) is 5.02 Å². The Balaban J connectivity index is 1.58. The maximum Gasteiger partial charge on any atom is 0.264 e. The minimum absolute atomic E-state index is 0.171. The first-order chi connectivity index (χ1) is 15.5. The largest absolute Gasteiger partial charge is 0.497 e. The summed E-state index contributed by atoms with van der Waals surface area (Å²) in [5.74, 6) is 1.02. The molecule has 3 aromatic rings. The topological polar surface area (TPSA) is 90.0 Å². The van der Waals surface area contributed by atoms with Crippen LogP contribution < -0.4 is 24.4 Å². The SMILES string of the molecule is COc1ccc(OC)c(CNC(=O)CN2C(=O)c3cccnc3Oc3ccc(Cl)cc32)c1. The standard InChI is InChI=1S/C23H20ClN3O5/c1-30-16-6-8-19(31-2)14(10-16)12-26-21(28)13-27-18-11-15(24)5-7-20(18)32-22-17(23(27)29)4-3-9-25-22/h3-11H,12-13H2,1-2H3,(H,26,28). The maximum absolute atomic E-state index is 13.3. The first-order valence-electron chi connectivity index (χ1n) is 9.72. The van der Waals surface area contributed by atoms with Crippen LogP contribution in [0.25, 0.3) is 0 Å². The first-order valence-corrected chi connectivity index (χ1v) is 10.1. The lowest BCUT2D eigenvalue weighted by molar-refractivity contribution is -0.119. The molecule has 32 heavy (non-hydrogen) atoms. The van der Waals surface area contributed by atoms with Crippen molar-refractivity contribution in [3.63, 3.8) is 0 Å². The number of benzene rings is 2. The Kier molecular flexibility index (Phi) is 6.13. The van der Waals surface area contributed by atoms with Gasteiger partial charge in [0.15, 0.2) is 5.75 Å². The van der Waals surface area contributed by atoms with Gasteiger partial charge in [0.1, 0.15) is 23.6 Å². The van der Waals surface area contributed by atoms with Crippen molar-refractivity contribution >= 4 is 29.1 Å². The number of carbonyl (C=O) groups is 2. The number of nitrogens with zero attached hydrogens (tertiary/aromatic N) is 2. The van der Waals surface area contributed by atoms with E-state index in [1.54, 1.807) is 62.8 Å². The van der Waals surface area contributed by atoms with Crippen LogP contribution in [-0.4, -0.2) is 37.6 Å². The van der Waals surface area contributed by atoms with Gasteiger partial charge in [0, 0.05) is 23.3 Å². The summed E-state index contributed by atoms with van der Waals surface area (Å²) in [6.07, 6.45) is 1.53. The van der Waals surface area contributed by atoms with E-state index in [9.17, 15) is 9.59 Å². The second kappa shape index (κ2) is 9.15. The number of hydrogen-bond donors (Lipinski definition) is 1. The van der Waals surface area contributed by atoms with E-state index in [4.69, 9.17) is 25.8 Å². The van der Waals surface area contributed by atoms with Gasteiger partial charge >= 0.3 is 0 Å². The number of anilines is 1. The minimum atomic E-state index is -0.414. The van der Waals surface area contributed by atoms with E-state index in [0.717, 1.165) is 5.56 Å². The number of ether oxygens (including phenoxy) is 3. The van der Waals surface area contributed by atoms with Gasteiger partial charge < -0.3 is 19.5 Å². The Bertz CT molecular complexity index is 1180. The van der Waals surface area contributed by atoms with Gasteiger partial charge in [-0.15, -0.1) is 0 Å². The number of amides is 2. The van der Waals surface area contributed by atoms with Crippen molar-refractivity contribution in [1.82, 2.24) is 10.3 Å².